The van der Waals surface area contributed by atoms with Gasteiger partial charge in [0.2, 0.25) is 5.60 Å². The minimum absolute atomic E-state index is 0.0538. The summed E-state index contributed by atoms with van der Waals surface area (Å²) in [7, 11) is 0. The molecule has 0 aromatic carbocycles. The molecule has 2 aromatic heterocycles. The second kappa shape index (κ2) is 8.62. The Morgan fingerprint density at radius 3 is 2.17 bits per heavy atom. The maximum Gasteiger partial charge on any atom is 0.347 e. The molecule has 2 heterocycles. The van der Waals surface area contributed by atoms with Crippen LogP contribution in [-0.2, 0) is 15.1 Å². The van der Waals surface area contributed by atoms with Gasteiger partial charge in [0.1, 0.15) is 0 Å². The highest BCUT2D eigenvalue weighted by Gasteiger charge is 2.47. The van der Waals surface area contributed by atoms with Crippen molar-refractivity contribution in [3.05, 3.63) is 44.8 Å². The van der Waals surface area contributed by atoms with Gasteiger partial charge in [-0.05, 0) is 35.7 Å². The maximum atomic E-state index is 12.3. The van der Waals surface area contributed by atoms with Crippen molar-refractivity contribution in [3.8, 4) is 0 Å². The van der Waals surface area contributed by atoms with Crippen LogP contribution in [0.3, 0.4) is 0 Å². The van der Waals surface area contributed by atoms with Gasteiger partial charge in [-0.3, -0.25) is 0 Å². The summed E-state index contributed by atoms with van der Waals surface area (Å²) in [6, 6.07) is 7.48. The number of ether oxygens (including phenoxy) is 1. The van der Waals surface area contributed by atoms with Crippen molar-refractivity contribution in [2.24, 2.45) is 0 Å². The Hall–Kier alpha value is -1.17. The van der Waals surface area contributed by atoms with Crippen LogP contribution in [0.25, 0.3) is 0 Å². The van der Waals surface area contributed by atoms with E-state index in [2.05, 4.69) is 13.8 Å². The molecule has 0 bridgehead atoms. The van der Waals surface area contributed by atoms with Crippen molar-refractivity contribution < 1.29 is 14.6 Å². The zero-order chi connectivity index (χ0) is 16.7. The minimum Gasteiger partial charge on any atom is -0.479 e. The molecule has 23 heavy (non-hydrogen) atoms. The second-order valence-electron chi connectivity index (χ2n) is 5.58. The van der Waals surface area contributed by atoms with E-state index in [0.717, 1.165) is 41.9 Å². The van der Waals surface area contributed by atoms with Crippen LogP contribution in [-0.4, -0.2) is 17.2 Å². The van der Waals surface area contributed by atoms with Gasteiger partial charge in [-0.25, -0.2) is 4.79 Å². The summed E-state index contributed by atoms with van der Waals surface area (Å²) in [5.74, 6) is -0.934. The van der Waals surface area contributed by atoms with Gasteiger partial charge < -0.3 is 9.84 Å². The Bertz CT molecular complexity index is 541. The highest BCUT2D eigenvalue weighted by Crippen LogP contribution is 2.41. The molecule has 0 fully saturated rings. The Balaban J connectivity index is 2.35. The van der Waals surface area contributed by atoms with Crippen LogP contribution in [0.15, 0.2) is 35.0 Å². The quantitative estimate of drug-likeness (QED) is 0.573. The van der Waals surface area contributed by atoms with Gasteiger partial charge in [0.05, 0.1) is 15.9 Å². The zero-order valence-corrected chi connectivity index (χ0v) is 15.3. The number of aliphatic carboxylic acids is 1. The van der Waals surface area contributed by atoms with E-state index in [4.69, 9.17) is 4.74 Å². The van der Waals surface area contributed by atoms with Crippen molar-refractivity contribution in [3.63, 3.8) is 0 Å². The molecule has 0 aliphatic heterocycles. The van der Waals surface area contributed by atoms with Crippen molar-refractivity contribution >= 4 is 28.6 Å². The lowest BCUT2D eigenvalue weighted by atomic mass is 9.98. The molecule has 126 valence electrons. The van der Waals surface area contributed by atoms with E-state index >= 15 is 0 Å². The lowest BCUT2D eigenvalue weighted by Gasteiger charge is -2.32. The molecule has 3 nitrogen and oxygen atoms in total. The second-order valence-corrected chi connectivity index (χ2v) is 7.48. The first-order chi connectivity index (χ1) is 11.1. The lowest BCUT2D eigenvalue weighted by Crippen LogP contribution is -2.41. The molecule has 1 unspecified atom stereocenters. The Morgan fingerprint density at radius 2 is 1.78 bits per heavy atom. The molecule has 1 N–H and O–H groups in total. The van der Waals surface area contributed by atoms with Crippen molar-refractivity contribution in [2.45, 2.75) is 57.7 Å². The molecule has 0 amide bonds. The molecular weight excluding hydrogens is 328 g/mol. The third kappa shape index (κ3) is 4.03. The number of hydrogen-bond donors (Lipinski definition) is 1. The Labute approximate surface area is 145 Å². The fourth-order valence-corrected chi connectivity index (χ4v) is 4.48. The first-order valence-electron chi connectivity index (χ1n) is 8.14. The van der Waals surface area contributed by atoms with Crippen molar-refractivity contribution in [2.75, 3.05) is 0 Å². The summed E-state index contributed by atoms with van der Waals surface area (Å²) in [4.78, 5) is 13.8. The van der Waals surface area contributed by atoms with Gasteiger partial charge >= 0.3 is 5.97 Å². The molecule has 0 saturated carbocycles. The number of carboxylic acid groups (broad SMARTS) is 1. The van der Waals surface area contributed by atoms with Crippen LogP contribution in [0.1, 0.15) is 55.7 Å². The zero-order valence-electron chi connectivity index (χ0n) is 13.7. The highest BCUT2D eigenvalue weighted by molar-refractivity contribution is 7.12. The molecular formula is C18H24O3S2. The lowest BCUT2D eigenvalue weighted by molar-refractivity contribution is -0.168. The van der Waals surface area contributed by atoms with Crippen LogP contribution < -0.4 is 0 Å². The monoisotopic (exact) mass is 352 g/mol. The summed E-state index contributed by atoms with van der Waals surface area (Å²) < 4.78 is 6.31. The van der Waals surface area contributed by atoms with E-state index in [0.29, 0.717) is 0 Å². The minimum atomic E-state index is -1.38. The van der Waals surface area contributed by atoms with E-state index in [1.165, 1.54) is 22.7 Å². The standard InChI is InChI=1S/C18H24O3S2/c1-3-5-6-9-14(4-2)21-18(17(19)20,15-10-7-12-22-15)16-11-8-13-23-16/h7-8,10-14H,3-6,9H2,1-2H3,(H,19,20). The van der Waals surface area contributed by atoms with E-state index in [1.807, 2.05) is 35.0 Å². The summed E-state index contributed by atoms with van der Waals surface area (Å²) >= 11 is 2.88. The molecule has 1 atom stereocenters. The van der Waals surface area contributed by atoms with Crippen LogP contribution in [0.5, 0.6) is 0 Å². The van der Waals surface area contributed by atoms with E-state index in [9.17, 15) is 9.90 Å². The average Bonchev–Trinajstić information content (AvgIpc) is 3.23. The predicted molar refractivity (Wildman–Crippen MR) is 96.4 cm³/mol. The maximum absolute atomic E-state index is 12.3. The number of carboxylic acids is 1. The van der Waals surface area contributed by atoms with E-state index < -0.39 is 11.6 Å². The first-order valence-corrected chi connectivity index (χ1v) is 9.90. The van der Waals surface area contributed by atoms with Gasteiger partial charge in [0, 0.05) is 0 Å². The largest absolute Gasteiger partial charge is 0.479 e. The number of rotatable bonds is 10. The van der Waals surface area contributed by atoms with E-state index in [-0.39, 0.29) is 6.10 Å². The molecule has 0 aliphatic carbocycles. The Kier molecular flexibility index (Phi) is 6.81. The first kappa shape index (κ1) is 18.2. The smallest absolute Gasteiger partial charge is 0.347 e. The average molecular weight is 353 g/mol. The van der Waals surface area contributed by atoms with Crippen LogP contribution in [0.4, 0.5) is 0 Å². The summed E-state index contributed by atoms with van der Waals surface area (Å²) in [5, 5.41) is 13.9. The van der Waals surface area contributed by atoms with Crippen molar-refractivity contribution in [1.82, 2.24) is 0 Å². The van der Waals surface area contributed by atoms with Gasteiger partial charge in [-0.2, -0.15) is 0 Å². The van der Waals surface area contributed by atoms with Gasteiger partial charge in [-0.15, -0.1) is 22.7 Å². The third-order valence-corrected chi connectivity index (χ3v) is 5.91. The van der Waals surface area contributed by atoms with Gasteiger partial charge in [0.25, 0.3) is 0 Å². The van der Waals surface area contributed by atoms with Gasteiger partial charge in [0.15, 0.2) is 0 Å². The molecule has 0 aliphatic rings. The molecule has 2 aromatic rings. The van der Waals surface area contributed by atoms with Crippen LogP contribution in [0, 0.1) is 0 Å². The van der Waals surface area contributed by atoms with E-state index in [1.54, 1.807) is 0 Å². The SMILES string of the molecule is CCCCCC(CC)OC(C(=O)O)(c1cccs1)c1cccs1. The molecule has 0 saturated heterocycles. The van der Waals surface area contributed by atoms with Crippen LogP contribution >= 0.6 is 22.7 Å². The number of hydrogen-bond acceptors (Lipinski definition) is 4. The topological polar surface area (TPSA) is 46.5 Å². The molecule has 0 spiro atoms. The van der Waals surface area contributed by atoms with Crippen molar-refractivity contribution in [1.29, 1.82) is 0 Å². The van der Waals surface area contributed by atoms with Gasteiger partial charge in [-0.1, -0.05) is 45.2 Å². The summed E-state index contributed by atoms with van der Waals surface area (Å²) in [5.41, 5.74) is -1.38. The molecule has 5 heteroatoms. The predicted octanol–water partition coefficient (Wildman–Crippen LogP) is 5.51. The molecule has 0 radical (unpaired) electrons. The normalized spacial score (nSPS) is 13.1. The summed E-state index contributed by atoms with van der Waals surface area (Å²) in [6.45, 7) is 4.23. The fourth-order valence-electron chi connectivity index (χ4n) is 2.67. The molecule has 2 rings (SSSR count). The number of thiophene rings is 2. The number of carbonyl (C=O) groups is 1. The fraction of sp³-hybridized carbons (Fsp3) is 0.500. The summed E-state index contributed by atoms with van der Waals surface area (Å²) in [6.07, 6.45) is 5.03. The Morgan fingerprint density at radius 1 is 1.17 bits per heavy atom. The van der Waals surface area contributed by atoms with Crippen LogP contribution in [0.2, 0.25) is 0 Å². The highest BCUT2D eigenvalue weighted by atomic mass is 32.1. The number of unbranched alkanes of at least 4 members (excludes halogenated alkanes) is 2. The third-order valence-electron chi connectivity index (χ3n) is 3.97.